The summed E-state index contributed by atoms with van der Waals surface area (Å²) in [6.07, 6.45) is 2.95. The average molecular weight is 380 g/mol. The van der Waals surface area contributed by atoms with E-state index in [2.05, 4.69) is 10.2 Å². The molecule has 1 aromatic heterocycles. The molecule has 0 aliphatic rings. The number of carbonyl (C=O) groups excluding carboxylic acids is 1. The van der Waals surface area contributed by atoms with E-state index in [0.29, 0.717) is 25.5 Å². The molecule has 2 aromatic carbocycles. The summed E-state index contributed by atoms with van der Waals surface area (Å²) in [5.41, 5.74) is 1.06. The Hall–Kier alpha value is -2.99. The SMILES string of the molecule is O=C(CCCCCOc1ccccc1)c1nnc(COCc2ccccc2)o1. The summed E-state index contributed by atoms with van der Waals surface area (Å²) < 4.78 is 16.6. The lowest BCUT2D eigenvalue weighted by Crippen LogP contribution is -2.01. The monoisotopic (exact) mass is 380 g/mol. The van der Waals surface area contributed by atoms with Crippen LogP contribution < -0.4 is 4.74 Å². The summed E-state index contributed by atoms with van der Waals surface area (Å²) in [5.74, 6) is 1.10. The van der Waals surface area contributed by atoms with Gasteiger partial charge in [0.2, 0.25) is 11.7 Å². The van der Waals surface area contributed by atoms with Crippen LogP contribution in [0.25, 0.3) is 0 Å². The summed E-state index contributed by atoms with van der Waals surface area (Å²) in [7, 11) is 0. The molecule has 6 nitrogen and oxygen atoms in total. The normalized spacial score (nSPS) is 10.7. The highest BCUT2D eigenvalue weighted by atomic mass is 16.5. The number of carbonyl (C=O) groups is 1. The van der Waals surface area contributed by atoms with Crippen molar-refractivity contribution in [2.75, 3.05) is 6.61 Å². The molecule has 146 valence electrons. The van der Waals surface area contributed by atoms with Crippen molar-refractivity contribution in [3.05, 3.63) is 78.0 Å². The molecule has 0 saturated carbocycles. The molecule has 0 aliphatic heterocycles. The van der Waals surface area contributed by atoms with Crippen LogP contribution in [0.15, 0.2) is 65.1 Å². The average Bonchev–Trinajstić information content (AvgIpc) is 3.21. The maximum absolute atomic E-state index is 12.1. The zero-order valence-corrected chi connectivity index (χ0v) is 15.8. The highest BCUT2D eigenvalue weighted by Crippen LogP contribution is 2.12. The number of hydrogen-bond donors (Lipinski definition) is 0. The highest BCUT2D eigenvalue weighted by molar-refractivity contribution is 5.91. The second-order valence-electron chi connectivity index (χ2n) is 6.37. The molecule has 0 fully saturated rings. The van der Waals surface area contributed by atoms with Gasteiger partial charge in [-0.2, -0.15) is 0 Å². The number of aromatic nitrogens is 2. The molecular weight excluding hydrogens is 356 g/mol. The zero-order chi connectivity index (χ0) is 19.4. The molecule has 0 amide bonds. The van der Waals surface area contributed by atoms with Crippen LogP contribution in [0.2, 0.25) is 0 Å². The summed E-state index contributed by atoms with van der Waals surface area (Å²) in [6.45, 7) is 1.28. The molecule has 0 atom stereocenters. The molecule has 0 aliphatic carbocycles. The van der Waals surface area contributed by atoms with Crippen molar-refractivity contribution in [1.82, 2.24) is 10.2 Å². The standard InChI is InChI=1S/C22H24N2O4/c25-20(14-8-3-9-15-27-19-12-6-2-7-13-19)22-24-23-21(28-22)17-26-16-18-10-4-1-5-11-18/h1-2,4-7,10-13H,3,8-9,14-17H2. The van der Waals surface area contributed by atoms with Gasteiger partial charge in [-0.25, -0.2) is 0 Å². The summed E-state index contributed by atoms with van der Waals surface area (Å²) >= 11 is 0. The van der Waals surface area contributed by atoms with Crippen molar-refractivity contribution in [2.24, 2.45) is 0 Å². The summed E-state index contributed by atoms with van der Waals surface area (Å²) in [5, 5.41) is 7.70. The van der Waals surface area contributed by atoms with Crippen LogP contribution in [0.4, 0.5) is 0 Å². The molecule has 28 heavy (non-hydrogen) atoms. The van der Waals surface area contributed by atoms with Gasteiger partial charge in [0.1, 0.15) is 12.4 Å². The molecule has 3 aromatic rings. The minimum absolute atomic E-state index is 0.0545. The number of hydrogen-bond acceptors (Lipinski definition) is 6. The molecular formula is C22H24N2O4. The third kappa shape index (κ3) is 6.63. The van der Waals surface area contributed by atoms with Crippen molar-refractivity contribution < 1.29 is 18.7 Å². The fourth-order valence-corrected chi connectivity index (χ4v) is 2.63. The number of unbranched alkanes of at least 4 members (excludes halogenated alkanes) is 2. The fraction of sp³-hybridized carbons (Fsp3) is 0.318. The van der Waals surface area contributed by atoms with Crippen LogP contribution in [0.5, 0.6) is 5.75 Å². The van der Waals surface area contributed by atoms with E-state index in [9.17, 15) is 4.79 Å². The van der Waals surface area contributed by atoms with Gasteiger partial charge in [0.05, 0.1) is 13.2 Å². The number of ketones is 1. The van der Waals surface area contributed by atoms with Gasteiger partial charge in [0.25, 0.3) is 5.89 Å². The van der Waals surface area contributed by atoms with Crippen LogP contribution in [0, 0.1) is 0 Å². The topological polar surface area (TPSA) is 74.5 Å². The van der Waals surface area contributed by atoms with E-state index >= 15 is 0 Å². The predicted molar refractivity (Wildman–Crippen MR) is 104 cm³/mol. The Bertz CT molecular complexity index is 834. The lowest BCUT2D eigenvalue weighted by atomic mass is 10.1. The van der Waals surface area contributed by atoms with Crippen LogP contribution in [0.3, 0.4) is 0 Å². The molecule has 0 unspecified atom stereocenters. The van der Waals surface area contributed by atoms with Crippen molar-refractivity contribution in [3.8, 4) is 5.75 Å². The van der Waals surface area contributed by atoms with Crippen LogP contribution in [0.1, 0.15) is 47.8 Å². The Kier molecular flexibility index (Phi) is 7.76. The number of benzene rings is 2. The minimum Gasteiger partial charge on any atom is -0.494 e. The van der Waals surface area contributed by atoms with Gasteiger partial charge in [-0.05, 0) is 37.0 Å². The Balaban J connectivity index is 1.29. The molecule has 0 radical (unpaired) electrons. The molecule has 0 spiro atoms. The molecule has 6 heteroatoms. The van der Waals surface area contributed by atoms with E-state index in [1.54, 1.807) is 0 Å². The number of Topliss-reactive ketones (excluding diaryl/α,β-unsaturated/α-hetero) is 1. The number of nitrogens with zero attached hydrogens (tertiary/aromatic N) is 2. The first-order valence-corrected chi connectivity index (χ1v) is 9.46. The largest absolute Gasteiger partial charge is 0.494 e. The van der Waals surface area contributed by atoms with Gasteiger partial charge in [-0.3, -0.25) is 4.79 Å². The Morgan fingerprint density at radius 2 is 1.61 bits per heavy atom. The fourth-order valence-electron chi connectivity index (χ4n) is 2.63. The quantitative estimate of drug-likeness (QED) is 0.337. The van der Waals surface area contributed by atoms with Crippen LogP contribution in [-0.2, 0) is 18.0 Å². The van der Waals surface area contributed by atoms with Crippen molar-refractivity contribution in [2.45, 2.75) is 38.9 Å². The second-order valence-corrected chi connectivity index (χ2v) is 6.37. The zero-order valence-electron chi connectivity index (χ0n) is 15.8. The van der Waals surface area contributed by atoms with E-state index in [1.807, 2.05) is 60.7 Å². The smallest absolute Gasteiger partial charge is 0.284 e. The van der Waals surface area contributed by atoms with E-state index in [-0.39, 0.29) is 18.3 Å². The van der Waals surface area contributed by atoms with Gasteiger partial charge in [0.15, 0.2) is 0 Å². The Morgan fingerprint density at radius 1 is 0.857 bits per heavy atom. The number of rotatable bonds is 12. The van der Waals surface area contributed by atoms with E-state index in [4.69, 9.17) is 13.9 Å². The summed E-state index contributed by atoms with van der Waals surface area (Å²) in [6, 6.07) is 19.5. The summed E-state index contributed by atoms with van der Waals surface area (Å²) in [4.78, 5) is 12.1. The van der Waals surface area contributed by atoms with Gasteiger partial charge in [0, 0.05) is 6.42 Å². The predicted octanol–water partition coefficient (Wildman–Crippen LogP) is 4.61. The lowest BCUT2D eigenvalue weighted by Gasteiger charge is -2.05. The Morgan fingerprint density at radius 3 is 2.39 bits per heavy atom. The Labute approximate surface area is 164 Å². The molecule has 3 rings (SSSR count). The molecule has 0 saturated heterocycles. The second kappa shape index (κ2) is 11.0. The first kappa shape index (κ1) is 19.8. The van der Waals surface area contributed by atoms with Gasteiger partial charge in [-0.1, -0.05) is 48.5 Å². The number of ether oxygens (including phenoxy) is 2. The molecule has 0 bridgehead atoms. The first-order valence-electron chi connectivity index (χ1n) is 9.46. The molecule has 1 heterocycles. The van der Waals surface area contributed by atoms with Crippen molar-refractivity contribution in [1.29, 1.82) is 0 Å². The maximum atomic E-state index is 12.1. The third-order valence-corrected chi connectivity index (χ3v) is 4.10. The van der Waals surface area contributed by atoms with E-state index in [1.165, 1.54) is 0 Å². The van der Waals surface area contributed by atoms with Crippen LogP contribution >= 0.6 is 0 Å². The van der Waals surface area contributed by atoms with Gasteiger partial charge < -0.3 is 13.9 Å². The van der Waals surface area contributed by atoms with Crippen LogP contribution in [-0.4, -0.2) is 22.6 Å². The molecule has 0 N–H and O–H groups in total. The van der Waals surface area contributed by atoms with Crippen molar-refractivity contribution in [3.63, 3.8) is 0 Å². The lowest BCUT2D eigenvalue weighted by molar-refractivity contribution is 0.0847. The number of para-hydroxylation sites is 1. The highest BCUT2D eigenvalue weighted by Gasteiger charge is 2.14. The van der Waals surface area contributed by atoms with E-state index < -0.39 is 0 Å². The minimum atomic E-state index is -0.134. The van der Waals surface area contributed by atoms with Gasteiger partial charge in [-0.15, -0.1) is 10.2 Å². The first-order chi connectivity index (χ1) is 13.8. The van der Waals surface area contributed by atoms with Crippen molar-refractivity contribution >= 4 is 5.78 Å². The maximum Gasteiger partial charge on any atom is 0.284 e. The third-order valence-electron chi connectivity index (χ3n) is 4.10. The van der Waals surface area contributed by atoms with E-state index in [0.717, 1.165) is 30.6 Å². The van der Waals surface area contributed by atoms with Gasteiger partial charge >= 0.3 is 0 Å².